The smallest absolute Gasteiger partial charge is 0.0241 e. The quantitative estimate of drug-likeness (QED) is 0.375. The summed E-state index contributed by atoms with van der Waals surface area (Å²) in [7, 11) is 0. The number of hydrogen-bond acceptors (Lipinski definition) is 0. The first-order chi connectivity index (χ1) is 12.7. The van der Waals surface area contributed by atoms with Crippen LogP contribution in [0.1, 0.15) is 135 Å². The van der Waals surface area contributed by atoms with Gasteiger partial charge in [-0.05, 0) is 82.9 Å². The van der Waals surface area contributed by atoms with Gasteiger partial charge in [-0.3, -0.25) is 0 Å². The highest BCUT2D eigenvalue weighted by Gasteiger charge is 2.61. The van der Waals surface area contributed by atoms with E-state index in [9.17, 15) is 0 Å². The molecule has 174 valence electrons. The molecule has 2 bridgehead atoms. The maximum Gasteiger partial charge on any atom is -0.0241 e. The maximum absolute atomic E-state index is 2.42. The molecule has 0 aromatic carbocycles. The normalized spacial score (nSPS) is 34.6. The third kappa shape index (κ3) is 7.00. The summed E-state index contributed by atoms with van der Waals surface area (Å²) in [5, 5.41) is 0. The predicted octanol–water partition coefficient (Wildman–Crippen LogP) is 10.0. The molecule has 4 saturated carbocycles. The van der Waals surface area contributed by atoms with Crippen LogP contribution in [0.25, 0.3) is 0 Å². The van der Waals surface area contributed by atoms with Gasteiger partial charge in [-0.15, -0.1) is 0 Å². The lowest BCUT2D eigenvalue weighted by atomic mass is 9.37. The first-order valence-corrected chi connectivity index (χ1v) is 12.7. The van der Waals surface area contributed by atoms with Gasteiger partial charge in [-0.2, -0.15) is 0 Å². The van der Waals surface area contributed by atoms with Crippen LogP contribution >= 0.6 is 0 Å². The van der Waals surface area contributed by atoms with Gasteiger partial charge in [-0.1, -0.05) is 103 Å². The second-order valence-electron chi connectivity index (χ2n) is 15.3. The molecule has 0 radical (unpaired) electrons. The van der Waals surface area contributed by atoms with Crippen molar-refractivity contribution in [2.24, 2.45) is 50.7 Å². The number of rotatable bonds is 0. The molecule has 0 spiro atoms. The molecule has 4 rings (SSSR count). The van der Waals surface area contributed by atoms with Crippen LogP contribution in [-0.4, -0.2) is 0 Å². The molecule has 0 aromatic heterocycles. The molecule has 4 fully saturated rings. The van der Waals surface area contributed by atoms with Gasteiger partial charge < -0.3 is 0 Å². The van der Waals surface area contributed by atoms with E-state index in [1.807, 2.05) is 0 Å². The van der Waals surface area contributed by atoms with Crippen LogP contribution in [0.15, 0.2) is 0 Å². The highest BCUT2D eigenvalue weighted by atomic mass is 14.7. The van der Waals surface area contributed by atoms with E-state index in [1.165, 1.54) is 38.5 Å². The first kappa shape index (κ1) is 27.0. The van der Waals surface area contributed by atoms with E-state index in [-0.39, 0.29) is 0 Å². The average Bonchev–Trinajstić information content (AvgIpc) is 2.34. The van der Waals surface area contributed by atoms with Gasteiger partial charge in [0.2, 0.25) is 0 Å². The second-order valence-corrected chi connectivity index (χ2v) is 15.3. The van der Waals surface area contributed by atoms with Crippen LogP contribution in [0, 0.1) is 50.7 Å². The topological polar surface area (TPSA) is 0 Å². The molecule has 0 N–H and O–H groups in total. The van der Waals surface area contributed by atoms with E-state index >= 15 is 0 Å². The molecule has 0 aliphatic heterocycles. The van der Waals surface area contributed by atoms with Crippen LogP contribution in [0.5, 0.6) is 0 Å². The van der Waals surface area contributed by atoms with E-state index in [4.69, 9.17) is 0 Å². The van der Waals surface area contributed by atoms with Crippen molar-refractivity contribution in [3.05, 3.63) is 0 Å². The highest BCUT2D eigenvalue weighted by Crippen LogP contribution is 2.71. The molecular formula is C29H58. The minimum atomic E-state index is 0.437. The Balaban J connectivity index is 0.000000223. The summed E-state index contributed by atoms with van der Waals surface area (Å²) in [6.07, 6.45) is 8.96. The fourth-order valence-corrected chi connectivity index (χ4v) is 4.73. The summed E-state index contributed by atoms with van der Waals surface area (Å²) in [5.74, 6) is 4.01. The molecule has 0 heteroatoms. The Morgan fingerprint density at radius 3 is 1.17 bits per heavy atom. The molecule has 0 saturated heterocycles. The lowest BCUT2D eigenvalue weighted by Gasteiger charge is -2.68. The monoisotopic (exact) mass is 406 g/mol. The zero-order chi connectivity index (χ0) is 23.1. The van der Waals surface area contributed by atoms with Crippen LogP contribution < -0.4 is 0 Å². The summed E-state index contributed by atoms with van der Waals surface area (Å²) in [5.41, 5.74) is 2.81. The minimum absolute atomic E-state index is 0.437. The van der Waals surface area contributed by atoms with E-state index in [1.54, 1.807) is 0 Å². The van der Waals surface area contributed by atoms with Gasteiger partial charge in [0, 0.05) is 0 Å². The number of hydrogen-bond donors (Lipinski definition) is 0. The Labute approximate surface area is 186 Å². The average molecular weight is 407 g/mol. The van der Waals surface area contributed by atoms with Crippen LogP contribution in [0.3, 0.4) is 0 Å². The lowest BCUT2D eigenvalue weighted by molar-refractivity contribution is -0.181. The van der Waals surface area contributed by atoms with Gasteiger partial charge in [0.25, 0.3) is 0 Å². The Morgan fingerprint density at radius 2 is 1.00 bits per heavy atom. The van der Waals surface area contributed by atoms with Crippen LogP contribution in [0.2, 0.25) is 0 Å². The van der Waals surface area contributed by atoms with E-state index in [2.05, 4.69) is 96.9 Å². The Bertz CT molecular complexity index is 467. The molecule has 4 aliphatic carbocycles. The van der Waals surface area contributed by atoms with Crippen molar-refractivity contribution in [2.75, 3.05) is 0 Å². The molecule has 3 atom stereocenters. The van der Waals surface area contributed by atoms with E-state index < -0.39 is 0 Å². The minimum Gasteiger partial charge on any atom is -0.0623 e. The highest BCUT2D eigenvalue weighted by molar-refractivity contribution is 5.11. The van der Waals surface area contributed by atoms with Crippen LogP contribution in [-0.2, 0) is 0 Å². The molecule has 0 unspecified atom stereocenters. The summed E-state index contributed by atoms with van der Waals surface area (Å²) in [6.45, 7) is 32.8. The fraction of sp³-hybridized carbons (Fsp3) is 1.00. The van der Waals surface area contributed by atoms with Crippen molar-refractivity contribution >= 4 is 0 Å². The Hall–Kier alpha value is 0. The fourth-order valence-electron chi connectivity index (χ4n) is 4.73. The third-order valence-corrected chi connectivity index (χ3v) is 9.70. The van der Waals surface area contributed by atoms with Crippen molar-refractivity contribution in [2.45, 2.75) is 135 Å². The zero-order valence-electron chi connectivity index (χ0n) is 23.1. The molecule has 0 aromatic rings. The lowest BCUT2D eigenvalue weighted by Crippen LogP contribution is -2.58. The molecule has 4 aliphatic rings. The molecule has 0 amide bonds. The van der Waals surface area contributed by atoms with Gasteiger partial charge in [-0.25, -0.2) is 0 Å². The summed E-state index contributed by atoms with van der Waals surface area (Å²) in [4.78, 5) is 0. The predicted molar refractivity (Wildman–Crippen MR) is 133 cm³/mol. The van der Waals surface area contributed by atoms with E-state index in [0.29, 0.717) is 21.7 Å². The first-order valence-electron chi connectivity index (χ1n) is 12.7. The van der Waals surface area contributed by atoms with E-state index in [0.717, 1.165) is 29.1 Å². The molecule has 0 nitrogen and oxygen atoms in total. The molecule has 0 heterocycles. The van der Waals surface area contributed by atoms with Gasteiger partial charge in [0.1, 0.15) is 0 Å². The SMILES string of the molecule is CC(C)(C)C(C)(C)C.CC(C)(C)C12CC(C1)C2.C[C@@H]1CC[C@@H](C(C)(C)C)C[C@H]1C. The van der Waals surface area contributed by atoms with Crippen molar-refractivity contribution in [1.29, 1.82) is 0 Å². The Morgan fingerprint density at radius 1 is 0.586 bits per heavy atom. The van der Waals surface area contributed by atoms with Crippen LogP contribution in [0.4, 0.5) is 0 Å². The van der Waals surface area contributed by atoms with Gasteiger partial charge >= 0.3 is 0 Å². The molecule has 29 heavy (non-hydrogen) atoms. The van der Waals surface area contributed by atoms with Crippen molar-refractivity contribution in [3.63, 3.8) is 0 Å². The molecular weight excluding hydrogens is 348 g/mol. The standard InChI is InChI=1S/C12H24.C9H16.C8H18/c1-9-6-7-11(8-10(9)2)12(3,4)5;1-8(2,3)9-4-7(5-9)6-9;1-7(2,3)8(4,5)6/h9-11H,6-8H2,1-5H3;7H,4-6H2,1-3H3;1-6H3/t9-,10-,11-;;/m1../s1. The second kappa shape index (κ2) is 8.86. The third-order valence-electron chi connectivity index (χ3n) is 9.70. The van der Waals surface area contributed by atoms with Gasteiger partial charge in [0.05, 0.1) is 0 Å². The Kier molecular flexibility index (Phi) is 8.26. The largest absolute Gasteiger partial charge is 0.0623 e. The van der Waals surface area contributed by atoms with Crippen molar-refractivity contribution in [1.82, 2.24) is 0 Å². The maximum atomic E-state index is 2.42. The van der Waals surface area contributed by atoms with Crippen molar-refractivity contribution < 1.29 is 0 Å². The summed E-state index contributed by atoms with van der Waals surface area (Å²) in [6, 6.07) is 0. The summed E-state index contributed by atoms with van der Waals surface area (Å²) >= 11 is 0. The van der Waals surface area contributed by atoms with Crippen molar-refractivity contribution in [3.8, 4) is 0 Å². The summed E-state index contributed by atoms with van der Waals surface area (Å²) < 4.78 is 0. The van der Waals surface area contributed by atoms with Gasteiger partial charge in [0.15, 0.2) is 0 Å². The zero-order valence-corrected chi connectivity index (χ0v) is 23.1.